The molecule has 4 nitrogen and oxygen atoms in total. The summed E-state index contributed by atoms with van der Waals surface area (Å²) in [6.45, 7) is 8.96. The normalized spacial score (nSPS) is 18.5. The standard InChI is InChI=1S/C18H28N4/c1-15-8-7-11-22-17(13-20-18(15)22)12-19-16(2)14-21-9-5-3-4-6-10-21/h7-8,11,13,16,19H,3-6,9-10,12,14H2,1-2H3. The van der Waals surface area contributed by atoms with Crippen LogP contribution in [0.4, 0.5) is 0 Å². The molecule has 0 radical (unpaired) electrons. The number of aryl methyl sites for hydroxylation is 1. The number of aromatic nitrogens is 2. The summed E-state index contributed by atoms with van der Waals surface area (Å²) >= 11 is 0. The van der Waals surface area contributed by atoms with E-state index in [0.717, 1.165) is 18.7 Å². The van der Waals surface area contributed by atoms with Gasteiger partial charge < -0.3 is 14.6 Å². The quantitative estimate of drug-likeness (QED) is 0.921. The van der Waals surface area contributed by atoms with Crippen molar-refractivity contribution in [1.29, 1.82) is 0 Å². The van der Waals surface area contributed by atoms with Gasteiger partial charge in [0.05, 0.1) is 11.9 Å². The van der Waals surface area contributed by atoms with E-state index in [4.69, 9.17) is 0 Å². The number of nitrogens with zero attached hydrogens (tertiary/aromatic N) is 3. The first-order valence-electron chi connectivity index (χ1n) is 8.61. The minimum Gasteiger partial charge on any atom is -0.307 e. The number of likely N-dealkylation sites (tertiary alicyclic amines) is 1. The van der Waals surface area contributed by atoms with Crippen LogP contribution in [0.2, 0.25) is 0 Å². The van der Waals surface area contributed by atoms with E-state index >= 15 is 0 Å². The average Bonchev–Trinajstić information content (AvgIpc) is 2.76. The first kappa shape index (κ1) is 15.5. The molecular weight excluding hydrogens is 272 g/mol. The Kier molecular flexibility index (Phi) is 5.11. The van der Waals surface area contributed by atoms with Gasteiger partial charge in [0.2, 0.25) is 0 Å². The van der Waals surface area contributed by atoms with Gasteiger partial charge in [0.15, 0.2) is 0 Å². The van der Waals surface area contributed by atoms with Crippen LogP contribution in [-0.4, -0.2) is 40.0 Å². The summed E-state index contributed by atoms with van der Waals surface area (Å²) in [7, 11) is 0. The molecule has 120 valence electrons. The molecule has 0 amide bonds. The number of hydrogen-bond donors (Lipinski definition) is 1. The van der Waals surface area contributed by atoms with Crippen molar-refractivity contribution < 1.29 is 0 Å². The van der Waals surface area contributed by atoms with Crippen molar-refractivity contribution in [2.75, 3.05) is 19.6 Å². The highest BCUT2D eigenvalue weighted by Crippen LogP contribution is 2.12. The van der Waals surface area contributed by atoms with Gasteiger partial charge >= 0.3 is 0 Å². The third-order valence-corrected chi connectivity index (χ3v) is 4.67. The maximum absolute atomic E-state index is 4.54. The summed E-state index contributed by atoms with van der Waals surface area (Å²) in [6.07, 6.45) is 9.62. The summed E-state index contributed by atoms with van der Waals surface area (Å²) in [5.41, 5.74) is 3.53. The van der Waals surface area contributed by atoms with Crippen LogP contribution >= 0.6 is 0 Å². The Morgan fingerprint density at radius 3 is 2.77 bits per heavy atom. The molecule has 1 unspecified atom stereocenters. The summed E-state index contributed by atoms with van der Waals surface area (Å²) in [6, 6.07) is 4.71. The molecule has 0 bridgehead atoms. The maximum Gasteiger partial charge on any atom is 0.139 e. The molecular formula is C18H28N4. The molecule has 1 aliphatic rings. The number of fused-ring (bicyclic) bond motifs is 1. The third kappa shape index (κ3) is 3.68. The Bertz CT molecular complexity index is 596. The average molecular weight is 300 g/mol. The second-order valence-electron chi connectivity index (χ2n) is 6.63. The topological polar surface area (TPSA) is 32.6 Å². The van der Waals surface area contributed by atoms with Crippen LogP contribution in [0.25, 0.3) is 5.65 Å². The number of pyridine rings is 1. The summed E-state index contributed by atoms with van der Waals surface area (Å²) < 4.78 is 2.20. The monoisotopic (exact) mass is 300 g/mol. The molecule has 1 aliphatic heterocycles. The van der Waals surface area contributed by atoms with Crippen molar-refractivity contribution in [3.8, 4) is 0 Å². The van der Waals surface area contributed by atoms with Crippen molar-refractivity contribution >= 4 is 5.65 Å². The van der Waals surface area contributed by atoms with Crippen molar-refractivity contribution in [3.63, 3.8) is 0 Å². The highest BCUT2D eigenvalue weighted by molar-refractivity contribution is 5.48. The Morgan fingerprint density at radius 1 is 1.23 bits per heavy atom. The molecule has 1 saturated heterocycles. The van der Waals surface area contributed by atoms with Crippen LogP contribution in [0.15, 0.2) is 24.5 Å². The van der Waals surface area contributed by atoms with E-state index in [9.17, 15) is 0 Å². The molecule has 0 aromatic carbocycles. The van der Waals surface area contributed by atoms with E-state index in [1.165, 1.54) is 50.0 Å². The number of hydrogen-bond acceptors (Lipinski definition) is 3. The molecule has 1 N–H and O–H groups in total. The van der Waals surface area contributed by atoms with E-state index in [-0.39, 0.29) is 0 Å². The van der Waals surface area contributed by atoms with Crippen molar-refractivity contribution in [3.05, 3.63) is 35.8 Å². The molecule has 3 rings (SSSR count). The lowest BCUT2D eigenvalue weighted by molar-refractivity contribution is 0.255. The molecule has 0 aliphatic carbocycles. The van der Waals surface area contributed by atoms with Crippen LogP contribution in [0.1, 0.15) is 43.9 Å². The fourth-order valence-electron chi connectivity index (χ4n) is 3.38. The van der Waals surface area contributed by atoms with E-state index in [0.29, 0.717) is 6.04 Å². The Morgan fingerprint density at radius 2 is 2.00 bits per heavy atom. The number of nitrogens with one attached hydrogen (secondary N) is 1. The zero-order chi connectivity index (χ0) is 15.4. The van der Waals surface area contributed by atoms with Gasteiger partial charge in [-0.2, -0.15) is 0 Å². The predicted octanol–water partition coefficient (Wildman–Crippen LogP) is 3.00. The smallest absolute Gasteiger partial charge is 0.139 e. The predicted molar refractivity (Wildman–Crippen MR) is 91.1 cm³/mol. The van der Waals surface area contributed by atoms with Crippen LogP contribution in [0, 0.1) is 6.92 Å². The SMILES string of the molecule is Cc1cccn2c(CNC(C)CN3CCCCCC3)cnc12. The first-order chi connectivity index (χ1) is 10.7. The van der Waals surface area contributed by atoms with Gasteiger partial charge in [0.1, 0.15) is 5.65 Å². The lowest BCUT2D eigenvalue weighted by Crippen LogP contribution is -2.39. The Balaban J connectivity index is 1.55. The van der Waals surface area contributed by atoms with Crippen molar-refractivity contribution in [2.45, 2.75) is 52.1 Å². The minimum atomic E-state index is 0.508. The second kappa shape index (κ2) is 7.25. The van der Waals surface area contributed by atoms with Gasteiger partial charge in [-0.1, -0.05) is 18.9 Å². The Labute approximate surface area is 133 Å². The van der Waals surface area contributed by atoms with Gasteiger partial charge in [-0.05, 0) is 51.4 Å². The van der Waals surface area contributed by atoms with Crippen LogP contribution in [-0.2, 0) is 6.54 Å². The molecule has 0 saturated carbocycles. The molecule has 2 aromatic heterocycles. The van der Waals surface area contributed by atoms with Crippen molar-refractivity contribution in [1.82, 2.24) is 19.6 Å². The fourth-order valence-corrected chi connectivity index (χ4v) is 3.38. The molecule has 3 heterocycles. The maximum atomic E-state index is 4.54. The van der Waals surface area contributed by atoms with Crippen LogP contribution in [0.3, 0.4) is 0 Å². The van der Waals surface area contributed by atoms with Gasteiger partial charge in [0, 0.05) is 25.3 Å². The lowest BCUT2D eigenvalue weighted by atomic mass is 10.2. The minimum absolute atomic E-state index is 0.508. The molecule has 0 spiro atoms. The zero-order valence-corrected chi connectivity index (χ0v) is 13.9. The van der Waals surface area contributed by atoms with Gasteiger partial charge in [-0.25, -0.2) is 4.98 Å². The summed E-state index contributed by atoms with van der Waals surface area (Å²) in [5.74, 6) is 0. The Hall–Kier alpha value is -1.39. The number of rotatable bonds is 5. The van der Waals surface area contributed by atoms with E-state index < -0.39 is 0 Å². The third-order valence-electron chi connectivity index (χ3n) is 4.67. The molecule has 4 heteroatoms. The van der Waals surface area contributed by atoms with Crippen molar-refractivity contribution in [2.24, 2.45) is 0 Å². The fraction of sp³-hybridized carbons (Fsp3) is 0.611. The van der Waals surface area contributed by atoms with Gasteiger partial charge in [-0.3, -0.25) is 0 Å². The second-order valence-corrected chi connectivity index (χ2v) is 6.63. The van der Waals surface area contributed by atoms with Crippen LogP contribution in [0.5, 0.6) is 0 Å². The molecule has 1 fully saturated rings. The van der Waals surface area contributed by atoms with E-state index in [1.807, 2.05) is 6.20 Å². The highest BCUT2D eigenvalue weighted by Gasteiger charge is 2.13. The zero-order valence-electron chi connectivity index (χ0n) is 13.9. The van der Waals surface area contributed by atoms with E-state index in [1.54, 1.807) is 0 Å². The molecule has 22 heavy (non-hydrogen) atoms. The summed E-state index contributed by atoms with van der Waals surface area (Å²) in [4.78, 5) is 7.15. The van der Waals surface area contributed by atoms with Crippen LogP contribution < -0.4 is 5.32 Å². The molecule has 2 aromatic rings. The van der Waals surface area contributed by atoms with Gasteiger partial charge in [-0.15, -0.1) is 0 Å². The highest BCUT2D eigenvalue weighted by atomic mass is 15.1. The molecule has 1 atom stereocenters. The first-order valence-corrected chi connectivity index (χ1v) is 8.61. The summed E-state index contributed by atoms with van der Waals surface area (Å²) in [5, 5.41) is 3.66. The van der Waals surface area contributed by atoms with Gasteiger partial charge in [0.25, 0.3) is 0 Å². The number of imidazole rings is 1. The lowest BCUT2D eigenvalue weighted by Gasteiger charge is -2.24. The largest absolute Gasteiger partial charge is 0.307 e. The van der Waals surface area contributed by atoms with E-state index in [2.05, 4.69) is 51.8 Å².